The third-order valence-electron chi connectivity index (χ3n) is 3.62. The fourth-order valence-corrected chi connectivity index (χ4v) is 3.36. The maximum absolute atomic E-state index is 12.4. The average molecular weight is 409 g/mol. The number of hydrogen-bond donors (Lipinski definition) is 1. The Morgan fingerprint density at radius 2 is 1.79 bits per heavy atom. The van der Waals surface area contributed by atoms with Crippen molar-refractivity contribution in [2.45, 2.75) is 17.8 Å². The van der Waals surface area contributed by atoms with Gasteiger partial charge in [-0.3, -0.25) is 9.97 Å². The zero-order valence-corrected chi connectivity index (χ0v) is 15.0. The zero-order valence-electron chi connectivity index (χ0n) is 14.2. The number of ether oxygens (including phenoxy) is 1. The molecule has 3 rings (SSSR count). The van der Waals surface area contributed by atoms with Crippen LogP contribution < -0.4 is 9.46 Å². The number of halogens is 3. The molecule has 0 unspecified atom stereocenters. The molecule has 28 heavy (non-hydrogen) atoms. The molecule has 0 saturated carbocycles. The Morgan fingerprint density at radius 1 is 1.04 bits per heavy atom. The first-order valence-electron chi connectivity index (χ1n) is 7.94. The van der Waals surface area contributed by atoms with E-state index in [0.29, 0.717) is 11.3 Å². The predicted octanol–water partition coefficient (Wildman–Crippen LogP) is 3.52. The van der Waals surface area contributed by atoms with Crippen LogP contribution in [0.5, 0.6) is 5.75 Å². The molecule has 146 valence electrons. The molecule has 0 spiro atoms. The van der Waals surface area contributed by atoms with Crippen LogP contribution in [0.4, 0.5) is 13.2 Å². The molecule has 0 radical (unpaired) electrons. The summed E-state index contributed by atoms with van der Waals surface area (Å²) in [5.41, 5.74) is 2.08. The molecule has 0 aliphatic carbocycles. The molecule has 0 atom stereocenters. The van der Waals surface area contributed by atoms with Gasteiger partial charge in [-0.05, 0) is 54.1 Å². The zero-order chi connectivity index (χ0) is 20.2. The van der Waals surface area contributed by atoms with E-state index in [1.807, 2.05) is 6.07 Å². The molecule has 0 saturated heterocycles. The molecule has 3 aromatic rings. The Hall–Kier alpha value is -2.98. The third-order valence-corrected chi connectivity index (χ3v) is 5.03. The number of hydrogen-bond acceptors (Lipinski definition) is 5. The lowest BCUT2D eigenvalue weighted by atomic mass is 10.1. The third kappa shape index (κ3) is 5.27. The molecule has 0 fully saturated rings. The first-order chi connectivity index (χ1) is 13.2. The summed E-state index contributed by atoms with van der Waals surface area (Å²) in [5.74, 6) is -0.498. The molecule has 0 bridgehead atoms. The van der Waals surface area contributed by atoms with Crippen molar-refractivity contribution in [1.29, 1.82) is 0 Å². The van der Waals surface area contributed by atoms with E-state index in [2.05, 4.69) is 19.4 Å². The van der Waals surface area contributed by atoms with Crippen LogP contribution in [-0.4, -0.2) is 24.7 Å². The first-order valence-corrected chi connectivity index (χ1v) is 9.42. The SMILES string of the molecule is O=S(=O)(NCc1ccnc(-c2cccnc2)c1)c1ccc(OC(F)(F)F)cc1. The molecule has 0 aliphatic heterocycles. The second-order valence-corrected chi connectivity index (χ2v) is 7.40. The summed E-state index contributed by atoms with van der Waals surface area (Å²) in [4.78, 5) is 8.06. The van der Waals surface area contributed by atoms with Gasteiger partial charge in [0.2, 0.25) is 10.0 Å². The fourth-order valence-electron chi connectivity index (χ4n) is 2.34. The number of aromatic nitrogens is 2. The largest absolute Gasteiger partial charge is 0.573 e. The molecule has 6 nitrogen and oxygen atoms in total. The van der Waals surface area contributed by atoms with Crippen LogP contribution >= 0.6 is 0 Å². The Balaban J connectivity index is 1.70. The average Bonchev–Trinajstić information content (AvgIpc) is 2.67. The number of sulfonamides is 1. The minimum atomic E-state index is -4.84. The van der Waals surface area contributed by atoms with Crippen molar-refractivity contribution in [2.24, 2.45) is 0 Å². The van der Waals surface area contributed by atoms with Crippen LogP contribution in [0.3, 0.4) is 0 Å². The highest BCUT2D eigenvalue weighted by Crippen LogP contribution is 2.24. The van der Waals surface area contributed by atoms with Gasteiger partial charge in [-0.1, -0.05) is 0 Å². The van der Waals surface area contributed by atoms with E-state index in [9.17, 15) is 21.6 Å². The van der Waals surface area contributed by atoms with Crippen molar-refractivity contribution in [3.05, 3.63) is 72.7 Å². The highest BCUT2D eigenvalue weighted by atomic mass is 32.2. The smallest absolute Gasteiger partial charge is 0.406 e. The Labute approximate surface area is 159 Å². The van der Waals surface area contributed by atoms with Crippen molar-refractivity contribution in [1.82, 2.24) is 14.7 Å². The van der Waals surface area contributed by atoms with Crippen molar-refractivity contribution in [3.63, 3.8) is 0 Å². The van der Waals surface area contributed by atoms with Crippen molar-refractivity contribution >= 4 is 10.0 Å². The Kier molecular flexibility index (Phi) is 5.61. The van der Waals surface area contributed by atoms with Crippen LogP contribution in [0.15, 0.2) is 72.0 Å². The monoisotopic (exact) mass is 409 g/mol. The van der Waals surface area contributed by atoms with E-state index < -0.39 is 22.1 Å². The Morgan fingerprint density at radius 3 is 2.43 bits per heavy atom. The maximum Gasteiger partial charge on any atom is 0.573 e. The van der Waals surface area contributed by atoms with E-state index in [1.54, 1.807) is 36.8 Å². The Bertz CT molecular complexity index is 1040. The summed E-state index contributed by atoms with van der Waals surface area (Å²) >= 11 is 0. The summed E-state index contributed by atoms with van der Waals surface area (Å²) in [6.07, 6.45) is -0.0193. The molecule has 10 heteroatoms. The second kappa shape index (κ2) is 7.95. The molecule has 1 aromatic carbocycles. The first kappa shape index (κ1) is 19.8. The van der Waals surface area contributed by atoms with Crippen LogP contribution in [0, 0.1) is 0 Å². The molecular weight excluding hydrogens is 395 g/mol. The van der Waals surface area contributed by atoms with Crippen molar-refractivity contribution in [2.75, 3.05) is 0 Å². The van der Waals surface area contributed by atoms with E-state index in [4.69, 9.17) is 0 Å². The van der Waals surface area contributed by atoms with E-state index >= 15 is 0 Å². The van der Waals surface area contributed by atoms with Gasteiger partial charge in [0.15, 0.2) is 0 Å². The molecule has 1 N–H and O–H groups in total. The lowest BCUT2D eigenvalue weighted by Crippen LogP contribution is -2.23. The summed E-state index contributed by atoms with van der Waals surface area (Å²) in [5, 5.41) is 0. The van der Waals surface area contributed by atoms with Crippen molar-refractivity contribution < 1.29 is 26.3 Å². The van der Waals surface area contributed by atoms with Gasteiger partial charge >= 0.3 is 6.36 Å². The number of pyridine rings is 2. The van der Waals surface area contributed by atoms with Crippen LogP contribution in [0.2, 0.25) is 0 Å². The van der Waals surface area contributed by atoms with Crippen LogP contribution in [0.1, 0.15) is 5.56 Å². The quantitative estimate of drug-likeness (QED) is 0.674. The van der Waals surface area contributed by atoms with Gasteiger partial charge in [-0.25, -0.2) is 13.1 Å². The second-order valence-electron chi connectivity index (χ2n) is 5.63. The normalized spacial score (nSPS) is 12.0. The molecular formula is C18H14F3N3O3S. The summed E-state index contributed by atoms with van der Waals surface area (Å²) in [6.45, 7) is -0.0150. The fraction of sp³-hybridized carbons (Fsp3) is 0.111. The van der Waals surface area contributed by atoms with Crippen LogP contribution in [0.25, 0.3) is 11.3 Å². The molecule has 0 aliphatic rings. The van der Waals surface area contributed by atoms with Crippen molar-refractivity contribution in [3.8, 4) is 17.0 Å². The van der Waals surface area contributed by atoms with E-state index in [1.165, 1.54) is 0 Å². The van der Waals surface area contributed by atoms with Gasteiger partial charge in [-0.2, -0.15) is 0 Å². The topological polar surface area (TPSA) is 81.2 Å². The van der Waals surface area contributed by atoms with E-state index in [-0.39, 0.29) is 11.4 Å². The lowest BCUT2D eigenvalue weighted by molar-refractivity contribution is -0.274. The summed E-state index contributed by atoms with van der Waals surface area (Å²) in [7, 11) is -3.92. The number of benzene rings is 1. The number of nitrogens with one attached hydrogen (secondary N) is 1. The lowest BCUT2D eigenvalue weighted by Gasteiger charge is -2.10. The van der Waals surface area contributed by atoms with Gasteiger partial charge in [0.05, 0.1) is 10.6 Å². The highest BCUT2D eigenvalue weighted by molar-refractivity contribution is 7.89. The summed E-state index contributed by atoms with van der Waals surface area (Å²) in [6, 6.07) is 10.9. The van der Waals surface area contributed by atoms with Gasteiger partial charge in [0.1, 0.15) is 5.75 Å². The van der Waals surface area contributed by atoms with E-state index in [0.717, 1.165) is 29.8 Å². The minimum Gasteiger partial charge on any atom is -0.406 e. The highest BCUT2D eigenvalue weighted by Gasteiger charge is 2.31. The minimum absolute atomic E-state index is 0.0150. The predicted molar refractivity (Wildman–Crippen MR) is 94.6 cm³/mol. The number of alkyl halides is 3. The number of nitrogens with zero attached hydrogens (tertiary/aromatic N) is 2. The summed E-state index contributed by atoms with van der Waals surface area (Å²) < 4.78 is 67.4. The molecule has 0 amide bonds. The van der Waals surface area contributed by atoms with Gasteiger partial charge in [0.25, 0.3) is 0 Å². The standard InChI is InChI=1S/C18H14F3N3O3S/c19-18(20,21)27-15-3-5-16(6-4-15)28(25,26)24-11-13-7-9-23-17(10-13)14-2-1-8-22-12-14/h1-10,12,24H,11H2. The molecule has 2 heterocycles. The van der Waals surface area contributed by atoms with Gasteiger partial charge < -0.3 is 4.74 Å². The van der Waals surface area contributed by atoms with Gasteiger partial charge in [0, 0.05) is 30.7 Å². The maximum atomic E-state index is 12.4. The molecule has 2 aromatic heterocycles. The van der Waals surface area contributed by atoms with Gasteiger partial charge in [-0.15, -0.1) is 13.2 Å². The van der Waals surface area contributed by atoms with Crippen LogP contribution in [-0.2, 0) is 16.6 Å². The number of rotatable bonds is 6.